The fourth-order valence-corrected chi connectivity index (χ4v) is 3.67. The first kappa shape index (κ1) is 20.2. The van der Waals surface area contributed by atoms with Crippen LogP contribution in [0.25, 0.3) is 0 Å². The van der Waals surface area contributed by atoms with Crippen molar-refractivity contribution < 1.29 is 14.3 Å². The molecule has 0 saturated carbocycles. The molecule has 8 heteroatoms. The fourth-order valence-electron chi connectivity index (χ4n) is 3.67. The topological polar surface area (TPSA) is 78.0 Å². The fraction of sp³-hybridized carbons (Fsp3) is 0.650. The summed E-state index contributed by atoms with van der Waals surface area (Å²) in [5.41, 5.74) is 1.48. The van der Waals surface area contributed by atoms with Gasteiger partial charge in [-0.05, 0) is 33.6 Å². The largest absolute Gasteiger partial charge is 0.444 e. The Bertz CT molecular complexity index is 772. The number of alkyl carbamates (subject to hydrolysis) is 1. The van der Waals surface area contributed by atoms with E-state index in [2.05, 4.69) is 15.2 Å². The Kier molecular flexibility index (Phi) is 5.41. The molecule has 8 nitrogen and oxygen atoms in total. The molecule has 1 fully saturated rings. The minimum Gasteiger partial charge on any atom is -0.444 e. The van der Waals surface area contributed by atoms with Gasteiger partial charge in [0.2, 0.25) is 5.91 Å². The molecule has 3 heterocycles. The predicted octanol–water partition coefficient (Wildman–Crippen LogP) is 2.16. The van der Waals surface area contributed by atoms with Crippen molar-refractivity contribution in [1.29, 1.82) is 0 Å². The molecule has 1 N–H and O–H groups in total. The molecule has 2 amide bonds. The number of anilines is 3. The summed E-state index contributed by atoms with van der Waals surface area (Å²) in [6.45, 7) is 7.14. The zero-order valence-electron chi connectivity index (χ0n) is 17.7. The van der Waals surface area contributed by atoms with Crippen LogP contribution in [-0.2, 0) is 16.0 Å². The number of nitrogens with one attached hydrogen (secondary N) is 1. The zero-order chi connectivity index (χ0) is 20.6. The lowest BCUT2D eigenvalue weighted by Crippen LogP contribution is -2.49. The maximum absolute atomic E-state index is 12.3. The van der Waals surface area contributed by atoms with Crippen LogP contribution in [0.1, 0.15) is 39.2 Å². The van der Waals surface area contributed by atoms with E-state index in [1.165, 1.54) is 0 Å². The highest BCUT2D eigenvalue weighted by Gasteiger charge is 2.33. The monoisotopic (exact) mass is 389 g/mol. The molecule has 154 valence electrons. The molecule has 0 unspecified atom stereocenters. The van der Waals surface area contributed by atoms with Crippen LogP contribution in [0.4, 0.5) is 22.1 Å². The van der Waals surface area contributed by atoms with E-state index in [4.69, 9.17) is 4.74 Å². The Morgan fingerprint density at radius 3 is 2.71 bits per heavy atom. The zero-order valence-corrected chi connectivity index (χ0v) is 17.7. The standard InChI is InChI=1S/C20H31N5O3/c1-20(2,3)28-19(27)21-13-8-7-9-25(12-13)15-11-16(23(4)5)22-18-14(15)10-17(26)24(18)6/h11,13H,7-10,12H2,1-6H3,(H,21,27)/t13-/m1/s1. The normalized spacial score (nSPS) is 19.5. The van der Waals surface area contributed by atoms with Crippen LogP contribution >= 0.6 is 0 Å². The molecule has 1 atom stereocenters. The number of amides is 2. The van der Waals surface area contributed by atoms with Crippen molar-refractivity contribution in [3.63, 3.8) is 0 Å². The number of fused-ring (bicyclic) bond motifs is 1. The Balaban J connectivity index is 1.82. The quantitative estimate of drug-likeness (QED) is 0.854. The Morgan fingerprint density at radius 2 is 2.07 bits per heavy atom. The van der Waals surface area contributed by atoms with Gasteiger partial charge in [-0.3, -0.25) is 9.69 Å². The Morgan fingerprint density at radius 1 is 1.36 bits per heavy atom. The number of likely N-dealkylation sites (N-methyl/N-ethyl adjacent to an activating group) is 1. The number of pyridine rings is 1. The molecule has 0 aliphatic carbocycles. The van der Waals surface area contributed by atoms with Gasteiger partial charge in [0.05, 0.1) is 6.42 Å². The van der Waals surface area contributed by atoms with Gasteiger partial charge in [-0.2, -0.15) is 0 Å². The summed E-state index contributed by atoms with van der Waals surface area (Å²) in [6.07, 6.45) is 1.84. The average Bonchev–Trinajstić information content (AvgIpc) is 2.87. The second-order valence-corrected chi connectivity index (χ2v) is 8.76. The summed E-state index contributed by atoms with van der Waals surface area (Å²) < 4.78 is 5.40. The van der Waals surface area contributed by atoms with Crippen LogP contribution in [0.2, 0.25) is 0 Å². The van der Waals surface area contributed by atoms with Crippen molar-refractivity contribution in [2.24, 2.45) is 0 Å². The van der Waals surface area contributed by atoms with Crippen LogP contribution < -0.4 is 20.0 Å². The number of ether oxygens (including phenoxy) is 1. The van der Waals surface area contributed by atoms with E-state index in [1.807, 2.05) is 45.8 Å². The van der Waals surface area contributed by atoms with Crippen LogP contribution in [-0.4, -0.2) is 62.9 Å². The molecule has 3 rings (SSSR count). The third-order valence-electron chi connectivity index (χ3n) is 5.03. The van der Waals surface area contributed by atoms with Crippen LogP contribution in [0.5, 0.6) is 0 Å². The lowest BCUT2D eigenvalue weighted by Gasteiger charge is -2.36. The summed E-state index contributed by atoms with van der Waals surface area (Å²) in [5, 5.41) is 2.99. The van der Waals surface area contributed by atoms with Crippen molar-refractivity contribution in [2.75, 3.05) is 48.9 Å². The van der Waals surface area contributed by atoms with Crippen LogP contribution in [0, 0.1) is 0 Å². The third kappa shape index (κ3) is 4.31. The SMILES string of the molecule is CN(C)c1cc(N2CCC[C@@H](NC(=O)OC(C)(C)C)C2)c2c(n1)N(C)C(=O)C2. The van der Waals surface area contributed by atoms with E-state index in [9.17, 15) is 9.59 Å². The number of carbonyl (C=O) groups excluding carboxylic acids is 2. The lowest BCUT2D eigenvalue weighted by molar-refractivity contribution is -0.117. The summed E-state index contributed by atoms with van der Waals surface area (Å²) in [6, 6.07) is 2.05. The number of piperidine rings is 1. The first-order chi connectivity index (χ1) is 13.0. The summed E-state index contributed by atoms with van der Waals surface area (Å²) in [5.74, 6) is 1.60. The molecule has 0 spiro atoms. The first-order valence-corrected chi connectivity index (χ1v) is 9.77. The van der Waals surface area contributed by atoms with Crippen molar-refractivity contribution >= 4 is 29.3 Å². The van der Waals surface area contributed by atoms with Crippen molar-refractivity contribution in [3.8, 4) is 0 Å². The second-order valence-electron chi connectivity index (χ2n) is 8.76. The molecule has 2 aliphatic heterocycles. The van der Waals surface area contributed by atoms with Crippen molar-refractivity contribution in [2.45, 2.75) is 51.7 Å². The Labute approximate surface area is 166 Å². The number of hydrogen-bond donors (Lipinski definition) is 1. The minimum atomic E-state index is -0.518. The minimum absolute atomic E-state index is 0.00468. The van der Waals surface area contributed by atoms with Gasteiger partial charge in [0.25, 0.3) is 0 Å². The molecule has 1 aromatic rings. The van der Waals surface area contributed by atoms with Crippen molar-refractivity contribution in [3.05, 3.63) is 11.6 Å². The van der Waals surface area contributed by atoms with E-state index in [0.717, 1.165) is 42.3 Å². The first-order valence-electron chi connectivity index (χ1n) is 9.77. The van der Waals surface area contributed by atoms with Crippen molar-refractivity contribution in [1.82, 2.24) is 10.3 Å². The Hall–Kier alpha value is -2.51. The highest BCUT2D eigenvalue weighted by molar-refractivity contribution is 6.02. The molecule has 28 heavy (non-hydrogen) atoms. The maximum Gasteiger partial charge on any atom is 0.407 e. The van der Waals surface area contributed by atoms with E-state index in [-0.39, 0.29) is 18.0 Å². The van der Waals surface area contributed by atoms with E-state index in [0.29, 0.717) is 13.0 Å². The highest BCUT2D eigenvalue weighted by atomic mass is 16.6. The highest BCUT2D eigenvalue weighted by Crippen LogP contribution is 2.37. The van der Waals surface area contributed by atoms with Gasteiger partial charge in [0.1, 0.15) is 17.2 Å². The van der Waals surface area contributed by atoms with E-state index < -0.39 is 5.60 Å². The smallest absolute Gasteiger partial charge is 0.407 e. The van der Waals surface area contributed by atoms with E-state index in [1.54, 1.807) is 11.9 Å². The maximum atomic E-state index is 12.3. The predicted molar refractivity (Wildman–Crippen MR) is 110 cm³/mol. The summed E-state index contributed by atoms with van der Waals surface area (Å²) >= 11 is 0. The third-order valence-corrected chi connectivity index (χ3v) is 5.03. The van der Waals surface area contributed by atoms with E-state index >= 15 is 0 Å². The van der Waals surface area contributed by atoms with Gasteiger partial charge in [-0.1, -0.05) is 0 Å². The lowest BCUT2D eigenvalue weighted by atomic mass is 10.0. The van der Waals surface area contributed by atoms with Crippen LogP contribution in [0.3, 0.4) is 0 Å². The number of nitrogens with zero attached hydrogens (tertiary/aromatic N) is 4. The van der Waals surface area contributed by atoms with Gasteiger partial charge in [-0.25, -0.2) is 9.78 Å². The van der Waals surface area contributed by atoms with Gasteiger partial charge in [-0.15, -0.1) is 0 Å². The number of carbonyl (C=O) groups is 2. The molecule has 1 saturated heterocycles. The molecule has 1 aromatic heterocycles. The number of rotatable bonds is 3. The number of hydrogen-bond acceptors (Lipinski definition) is 6. The second kappa shape index (κ2) is 7.48. The summed E-state index contributed by atoms with van der Waals surface area (Å²) in [7, 11) is 5.66. The molecule has 0 bridgehead atoms. The molecular formula is C20H31N5O3. The van der Waals surface area contributed by atoms with Gasteiger partial charge in [0.15, 0.2) is 0 Å². The molecule has 2 aliphatic rings. The molecular weight excluding hydrogens is 358 g/mol. The van der Waals surface area contributed by atoms with Gasteiger partial charge >= 0.3 is 6.09 Å². The van der Waals surface area contributed by atoms with Crippen LogP contribution in [0.15, 0.2) is 6.07 Å². The number of aromatic nitrogens is 1. The van der Waals surface area contributed by atoms with Gasteiger partial charge < -0.3 is 19.9 Å². The summed E-state index contributed by atoms with van der Waals surface area (Å²) in [4.78, 5) is 34.9. The molecule has 0 aromatic carbocycles. The molecule has 0 radical (unpaired) electrons. The average molecular weight is 390 g/mol. The van der Waals surface area contributed by atoms with Gasteiger partial charge in [0, 0.05) is 57.6 Å².